The van der Waals surface area contributed by atoms with E-state index in [1.165, 1.54) is 22.6 Å². The first-order valence-corrected chi connectivity index (χ1v) is 10.5. The second-order valence-electron chi connectivity index (χ2n) is 8.17. The molecule has 29 heavy (non-hydrogen) atoms. The highest BCUT2D eigenvalue weighted by Crippen LogP contribution is 2.28. The monoisotopic (exact) mass is 394 g/mol. The van der Waals surface area contributed by atoms with Crippen molar-refractivity contribution >= 4 is 11.8 Å². The first-order valence-electron chi connectivity index (χ1n) is 10.5. The molecule has 2 heterocycles. The fourth-order valence-corrected chi connectivity index (χ4v) is 4.46. The van der Waals surface area contributed by atoms with Gasteiger partial charge in [-0.15, -0.1) is 0 Å². The SMILES string of the molecule is O=C1CC(N2CCC(CCc3ccc(F)cc3)CC2)C(=O)N1Cc1ccccc1. The quantitative estimate of drug-likeness (QED) is 0.700. The Morgan fingerprint density at radius 3 is 2.28 bits per heavy atom. The Hall–Kier alpha value is -2.53. The van der Waals surface area contributed by atoms with Crippen molar-refractivity contribution in [2.24, 2.45) is 5.92 Å². The van der Waals surface area contributed by atoms with Gasteiger partial charge in [0.2, 0.25) is 11.8 Å². The van der Waals surface area contributed by atoms with Gasteiger partial charge in [-0.3, -0.25) is 19.4 Å². The van der Waals surface area contributed by atoms with E-state index in [4.69, 9.17) is 0 Å². The van der Waals surface area contributed by atoms with Gasteiger partial charge < -0.3 is 0 Å². The first-order chi connectivity index (χ1) is 14.1. The maximum Gasteiger partial charge on any atom is 0.247 e. The van der Waals surface area contributed by atoms with Gasteiger partial charge in [0.25, 0.3) is 0 Å². The molecule has 1 atom stereocenters. The molecule has 2 amide bonds. The third-order valence-corrected chi connectivity index (χ3v) is 6.25. The maximum absolute atomic E-state index is 13.0. The van der Waals surface area contributed by atoms with Gasteiger partial charge in [-0.05, 0) is 68.0 Å². The van der Waals surface area contributed by atoms with E-state index < -0.39 is 0 Å². The number of piperidine rings is 1. The minimum atomic E-state index is -0.302. The molecule has 152 valence electrons. The number of hydrogen-bond donors (Lipinski definition) is 0. The fourth-order valence-electron chi connectivity index (χ4n) is 4.46. The molecule has 2 fully saturated rings. The zero-order valence-corrected chi connectivity index (χ0v) is 16.6. The Balaban J connectivity index is 1.27. The van der Waals surface area contributed by atoms with Gasteiger partial charge in [0, 0.05) is 0 Å². The third kappa shape index (κ3) is 4.73. The average Bonchev–Trinajstić information content (AvgIpc) is 3.03. The number of nitrogens with zero attached hydrogens (tertiary/aromatic N) is 2. The zero-order valence-electron chi connectivity index (χ0n) is 16.6. The van der Waals surface area contributed by atoms with Crippen LogP contribution < -0.4 is 0 Å². The van der Waals surface area contributed by atoms with Gasteiger partial charge >= 0.3 is 0 Å². The minimum Gasteiger partial charge on any atom is -0.292 e. The predicted octanol–water partition coefficient (Wildman–Crippen LogP) is 3.80. The molecule has 2 saturated heterocycles. The van der Waals surface area contributed by atoms with E-state index in [1.807, 2.05) is 42.5 Å². The Morgan fingerprint density at radius 1 is 0.897 bits per heavy atom. The number of rotatable bonds is 6. The van der Waals surface area contributed by atoms with Crippen LogP contribution in [0.3, 0.4) is 0 Å². The van der Waals surface area contributed by atoms with Crippen molar-refractivity contribution in [2.45, 2.75) is 44.7 Å². The second kappa shape index (κ2) is 8.87. The van der Waals surface area contributed by atoms with Gasteiger partial charge in [-0.25, -0.2) is 4.39 Å². The Labute approximate surface area is 171 Å². The summed E-state index contributed by atoms with van der Waals surface area (Å²) in [7, 11) is 0. The molecule has 2 aromatic rings. The van der Waals surface area contributed by atoms with E-state index in [0.717, 1.165) is 44.3 Å². The van der Waals surface area contributed by atoms with E-state index in [2.05, 4.69) is 4.90 Å². The van der Waals surface area contributed by atoms with Gasteiger partial charge in [0.05, 0.1) is 19.0 Å². The van der Waals surface area contributed by atoms with Gasteiger partial charge in [0.15, 0.2) is 0 Å². The standard InChI is InChI=1S/C24H27FN2O2/c25-21-10-8-18(9-11-21)6-7-19-12-14-26(15-13-19)22-16-23(28)27(24(22)29)17-20-4-2-1-3-5-20/h1-5,8-11,19,22H,6-7,12-17H2. The summed E-state index contributed by atoms with van der Waals surface area (Å²) in [6, 6.07) is 16.1. The number of amides is 2. The molecule has 0 spiro atoms. The van der Waals surface area contributed by atoms with Crippen LogP contribution in [0.2, 0.25) is 0 Å². The first kappa shape index (κ1) is 19.8. The fraction of sp³-hybridized carbons (Fsp3) is 0.417. The number of halogens is 1. The number of carbonyl (C=O) groups excluding carboxylic acids is 2. The highest BCUT2D eigenvalue weighted by molar-refractivity contribution is 6.05. The smallest absolute Gasteiger partial charge is 0.247 e. The molecule has 2 aliphatic rings. The molecule has 0 aromatic heterocycles. The molecule has 2 aromatic carbocycles. The van der Waals surface area contributed by atoms with Crippen LogP contribution in [0.25, 0.3) is 0 Å². The third-order valence-electron chi connectivity index (χ3n) is 6.25. The Kier molecular flexibility index (Phi) is 6.05. The molecular formula is C24H27FN2O2. The predicted molar refractivity (Wildman–Crippen MR) is 109 cm³/mol. The molecule has 0 radical (unpaired) electrons. The van der Waals surface area contributed by atoms with E-state index in [1.54, 1.807) is 0 Å². The molecule has 0 N–H and O–H groups in total. The molecular weight excluding hydrogens is 367 g/mol. The molecule has 1 unspecified atom stereocenters. The molecule has 0 bridgehead atoms. The average molecular weight is 394 g/mol. The number of aryl methyl sites for hydroxylation is 1. The second-order valence-corrected chi connectivity index (χ2v) is 8.17. The van der Waals surface area contributed by atoms with E-state index >= 15 is 0 Å². The summed E-state index contributed by atoms with van der Waals surface area (Å²) in [5.74, 6) is 0.300. The normalized spacial score (nSPS) is 21.1. The van der Waals surface area contributed by atoms with Crippen LogP contribution in [-0.2, 0) is 22.6 Å². The Morgan fingerprint density at radius 2 is 1.59 bits per heavy atom. The zero-order chi connectivity index (χ0) is 20.2. The highest BCUT2D eigenvalue weighted by Gasteiger charge is 2.42. The lowest BCUT2D eigenvalue weighted by atomic mass is 9.90. The van der Waals surface area contributed by atoms with Crippen molar-refractivity contribution in [3.05, 3.63) is 71.5 Å². The summed E-state index contributed by atoms with van der Waals surface area (Å²) in [5.41, 5.74) is 2.15. The maximum atomic E-state index is 13.0. The van der Waals surface area contributed by atoms with Crippen LogP contribution in [0.4, 0.5) is 4.39 Å². The van der Waals surface area contributed by atoms with Gasteiger partial charge in [-0.1, -0.05) is 42.5 Å². The van der Waals surface area contributed by atoms with Crippen molar-refractivity contribution in [3.63, 3.8) is 0 Å². The number of benzene rings is 2. The van der Waals surface area contributed by atoms with Crippen LogP contribution >= 0.6 is 0 Å². The lowest BCUT2D eigenvalue weighted by molar-refractivity contribution is -0.140. The summed E-state index contributed by atoms with van der Waals surface area (Å²) < 4.78 is 13.0. The summed E-state index contributed by atoms with van der Waals surface area (Å²) in [5, 5.41) is 0. The van der Waals surface area contributed by atoms with Crippen molar-refractivity contribution in [1.82, 2.24) is 9.80 Å². The van der Waals surface area contributed by atoms with Crippen LogP contribution in [-0.4, -0.2) is 40.7 Å². The summed E-state index contributed by atoms with van der Waals surface area (Å²) in [4.78, 5) is 28.9. The molecule has 2 aliphatic heterocycles. The lowest BCUT2D eigenvalue weighted by Gasteiger charge is -2.34. The van der Waals surface area contributed by atoms with E-state index in [0.29, 0.717) is 18.9 Å². The van der Waals surface area contributed by atoms with Gasteiger partial charge in [-0.2, -0.15) is 0 Å². The summed E-state index contributed by atoms with van der Waals surface area (Å²) in [6.07, 6.45) is 4.41. The van der Waals surface area contributed by atoms with E-state index in [9.17, 15) is 14.0 Å². The number of carbonyl (C=O) groups is 2. The number of imide groups is 1. The molecule has 0 aliphatic carbocycles. The van der Waals surface area contributed by atoms with Crippen molar-refractivity contribution in [3.8, 4) is 0 Å². The topological polar surface area (TPSA) is 40.6 Å². The molecule has 4 rings (SSSR count). The van der Waals surface area contributed by atoms with Crippen LogP contribution in [0.1, 0.15) is 36.8 Å². The Bertz CT molecular complexity index is 845. The lowest BCUT2D eigenvalue weighted by Crippen LogP contribution is -2.45. The van der Waals surface area contributed by atoms with Gasteiger partial charge in [0.1, 0.15) is 5.82 Å². The van der Waals surface area contributed by atoms with Crippen LogP contribution in [0.5, 0.6) is 0 Å². The minimum absolute atomic E-state index is 0.0522. The largest absolute Gasteiger partial charge is 0.292 e. The van der Waals surface area contributed by atoms with Crippen molar-refractivity contribution in [1.29, 1.82) is 0 Å². The van der Waals surface area contributed by atoms with Crippen molar-refractivity contribution in [2.75, 3.05) is 13.1 Å². The highest BCUT2D eigenvalue weighted by atomic mass is 19.1. The molecule has 5 heteroatoms. The molecule has 0 saturated carbocycles. The van der Waals surface area contributed by atoms with Crippen molar-refractivity contribution < 1.29 is 14.0 Å². The van der Waals surface area contributed by atoms with Crippen LogP contribution in [0.15, 0.2) is 54.6 Å². The number of hydrogen-bond acceptors (Lipinski definition) is 3. The van der Waals surface area contributed by atoms with E-state index in [-0.39, 0.29) is 23.7 Å². The number of likely N-dealkylation sites (tertiary alicyclic amines) is 2. The summed E-state index contributed by atoms with van der Waals surface area (Å²) in [6.45, 7) is 2.08. The molecule has 4 nitrogen and oxygen atoms in total. The van der Waals surface area contributed by atoms with Crippen LogP contribution in [0, 0.1) is 11.7 Å². The summed E-state index contributed by atoms with van der Waals surface area (Å²) >= 11 is 0.